The molecule has 0 heterocycles. The van der Waals surface area contributed by atoms with E-state index < -0.39 is 0 Å². The number of nitrogens with two attached hydrogens (primary N) is 1. The Morgan fingerprint density at radius 2 is 1.86 bits per heavy atom. The molecule has 0 unspecified atom stereocenters. The summed E-state index contributed by atoms with van der Waals surface area (Å²) in [5.41, 5.74) is 8.29. The lowest BCUT2D eigenvalue weighted by Gasteiger charge is -2.05. The smallest absolute Gasteiger partial charge is 0.248 e. The van der Waals surface area contributed by atoms with Gasteiger partial charge < -0.3 is 5.73 Å². The molecule has 0 radical (unpaired) electrons. The Labute approximate surface area is 85.1 Å². The Morgan fingerprint density at radius 3 is 2.36 bits per heavy atom. The van der Waals surface area contributed by atoms with E-state index in [0.29, 0.717) is 5.56 Å². The Balaban J connectivity index is 3.06. The summed E-state index contributed by atoms with van der Waals surface area (Å²) in [6.45, 7) is 4.21. The first-order valence-corrected chi connectivity index (χ1v) is 5.10. The molecular formula is C12H17NO. The summed E-state index contributed by atoms with van der Waals surface area (Å²) in [6, 6.07) is 5.92. The van der Waals surface area contributed by atoms with Gasteiger partial charge in [-0.15, -0.1) is 0 Å². The quantitative estimate of drug-likeness (QED) is 0.779. The average Bonchev–Trinajstić information content (AvgIpc) is 2.17. The molecule has 0 fully saturated rings. The third-order valence-corrected chi connectivity index (χ3v) is 2.28. The van der Waals surface area contributed by atoms with E-state index in [9.17, 15) is 4.79 Å². The lowest BCUT2D eigenvalue weighted by atomic mass is 10.0. The van der Waals surface area contributed by atoms with Gasteiger partial charge in [0.15, 0.2) is 0 Å². The van der Waals surface area contributed by atoms with Crippen molar-refractivity contribution >= 4 is 5.91 Å². The van der Waals surface area contributed by atoms with Crippen molar-refractivity contribution < 1.29 is 4.79 Å². The minimum absolute atomic E-state index is 0.336. The van der Waals surface area contributed by atoms with Crippen molar-refractivity contribution in [3.05, 3.63) is 34.9 Å². The van der Waals surface area contributed by atoms with Gasteiger partial charge in [-0.25, -0.2) is 0 Å². The fraction of sp³-hybridized carbons (Fsp3) is 0.417. The summed E-state index contributed by atoms with van der Waals surface area (Å²) in [7, 11) is 0. The van der Waals surface area contributed by atoms with Crippen molar-refractivity contribution in [3.63, 3.8) is 0 Å². The maximum Gasteiger partial charge on any atom is 0.248 e. The largest absolute Gasteiger partial charge is 0.366 e. The molecule has 1 rings (SSSR count). The minimum Gasteiger partial charge on any atom is -0.366 e. The third-order valence-electron chi connectivity index (χ3n) is 2.28. The standard InChI is InChI=1S/C12H17NO/c1-3-5-10-6-9(4-2)7-11(8-10)12(13)14/h6-8H,3-5H2,1-2H3,(H2,13,14). The second-order valence-electron chi connectivity index (χ2n) is 3.51. The third kappa shape index (κ3) is 2.59. The van der Waals surface area contributed by atoms with Crippen molar-refractivity contribution in [1.29, 1.82) is 0 Å². The highest BCUT2D eigenvalue weighted by Crippen LogP contribution is 2.12. The lowest BCUT2D eigenvalue weighted by Crippen LogP contribution is -2.11. The lowest BCUT2D eigenvalue weighted by molar-refractivity contribution is 0.1000. The highest BCUT2D eigenvalue weighted by molar-refractivity contribution is 5.93. The minimum atomic E-state index is -0.336. The van der Waals surface area contributed by atoms with E-state index in [1.807, 2.05) is 12.1 Å². The Morgan fingerprint density at radius 1 is 1.21 bits per heavy atom. The molecule has 76 valence electrons. The van der Waals surface area contributed by atoms with Crippen LogP contribution in [0.3, 0.4) is 0 Å². The second-order valence-corrected chi connectivity index (χ2v) is 3.51. The number of carbonyl (C=O) groups is 1. The van der Waals surface area contributed by atoms with Gasteiger partial charge in [0, 0.05) is 5.56 Å². The Bertz CT molecular complexity index is 331. The van der Waals surface area contributed by atoms with Gasteiger partial charge in [0.25, 0.3) is 0 Å². The monoisotopic (exact) mass is 191 g/mol. The van der Waals surface area contributed by atoms with Crippen LogP contribution in [0.15, 0.2) is 18.2 Å². The number of amides is 1. The fourth-order valence-electron chi connectivity index (χ4n) is 1.54. The van der Waals surface area contributed by atoms with Crippen LogP contribution in [0.2, 0.25) is 0 Å². The van der Waals surface area contributed by atoms with E-state index >= 15 is 0 Å². The van der Waals surface area contributed by atoms with Gasteiger partial charge in [-0.3, -0.25) is 4.79 Å². The number of primary amides is 1. The molecule has 2 heteroatoms. The SMILES string of the molecule is CCCc1cc(CC)cc(C(N)=O)c1. The fourth-order valence-corrected chi connectivity index (χ4v) is 1.54. The van der Waals surface area contributed by atoms with Gasteiger partial charge in [0.1, 0.15) is 0 Å². The van der Waals surface area contributed by atoms with Crippen molar-refractivity contribution in [2.75, 3.05) is 0 Å². The topological polar surface area (TPSA) is 43.1 Å². The van der Waals surface area contributed by atoms with Crippen molar-refractivity contribution in [2.24, 2.45) is 5.73 Å². The predicted molar refractivity (Wildman–Crippen MR) is 58.3 cm³/mol. The van der Waals surface area contributed by atoms with E-state index in [2.05, 4.69) is 19.9 Å². The zero-order valence-electron chi connectivity index (χ0n) is 8.84. The number of carbonyl (C=O) groups excluding carboxylic acids is 1. The van der Waals surface area contributed by atoms with Crippen LogP contribution >= 0.6 is 0 Å². The molecule has 0 aromatic heterocycles. The predicted octanol–water partition coefficient (Wildman–Crippen LogP) is 2.30. The van der Waals surface area contributed by atoms with E-state index in [4.69, 9.17) is 5.73 Å². The molecule has 0 aliphatic carbocycles. The summed E-state index contributed by atoms with van der Waals surface area (Å²) in [5, 5.41) is 0. The van der Waals surface area contributed by atoms with E-state index in [-0.39, 0.29) is 5.91 Å². The van der Waals surface area contributed by atoms with E-state index in [1.165, 1.54) is 11.1 Å². The first-order chi connectivity index (χ1) is 6.67. The Kier molecular flexibility index (Phi) is 3.69. The van der Waals surface area contributed by atoms with Crippen LogP contribution in [0.25, 0.3) is 0 Å². The molecule has 2 N–H and O–H groups in total. The number of benzene rings is 1. The summed E-state index contributed by atoms with van der Waals surface area (Å²) in [5.74, 6) is -0.336. The second kappa shape index (κ2) is 4.80. The summed E-state index contributed by atoms with van der Waals surface area (Å²) in [4.78, 5) is 11.0. The highest BCUT2D eigenvalue weighted by Gasteiger charge is 2.03. The van der Waals surface area contributed by atoms with Crippen LogP contribution in [0, 0.1) is 0 Å². The van der Waals surface area contributed by atoms with E-state index in [0.717, 1.165) is 19.3 Å². The zero-order valence-corrected chi connectivity index (χ0v) is 8.84. The van der Waals surface area contributed by atoms with Crippen molar-refractivity contribution in [3.8, 4) is 0 Å². The van der Waals surface area contributed by atoms with Crippen LogP contribution in [-0.2, 0) is 12.8 Å². The van der Waals surface area contributed by atoms with Crippen LogP contribution in [0.4, 0.5) is 0 Å². The molecule has 0 spiro atoms. The number of rotatable bonds is 4. The molecule has 1 aromatic carbocycles. The van der Waals surface area contributed by atoms with Gasteiger partial charge in [0.2, 0.25) is 5.91 Å². The van der Waals surface area contributed by atoms with Gasteiger partial charge in [0.05, 0.1) is 0 Å². The Hall–Kier alpha value is -1.31. The molecule has 1 amide bonds. The van der Waals surface area contributed by atoms with Gasteiger partial charge >= 0.3 is 0 Å². The highest BCUT2D eigenvalue weighted by atomic mass is 16.1. The van der Waals surface area contributed by atoms with E-state index in [1.54, 1.807) is 0 Å². The number of hydrogen-bond acceptors (Lipinski definition) is 1. The number of aryl methyl sites for hydroxylation is 2. The summed E-state index contributed by atoms with van der Waals surface area (Å²) >= 11 is 0. The number of hydrogen-bond donors (Lipinski definition) is 1. The molecule has 1 aromatic rings. The van der Waals surface area contributed by atoms with Gasteiger partial charge in [-0.2, -0.15) is 0 Å². The van der Waals surface area contributed by atoms with Crippen LogP contribution in [-0.4, -0.2) is 5.91 Å². The van der Waals surface area contributed by atoms with Crippen molar-refractivity contribution in [1.82, 2.24) is 0 Å². The van der Waals surface area contributed by atoms with Crippen LogP contribution < -0.4 is 5.73 Å². The van der Waals surface area contributed by atoms with Crippen molar-refractivity contribution in [2.45, 2.75) is 33.1 Å². The zero-order chi connectivity index (χ0) is 10.6. The molecule has 0 aliphatic rings. The molecular weight excluding hydrogens is 174 g/mol. The average molecular weight is 191 g/mol. The molecule has 0 saturated heterocycles. The molecule has 0 atom stereocenters. The van der Waals surface area contributed by atoms with Gasteiger partial charge in [-0.05, 0) is 36.1 Å². The van der Waals surface area contributed by atoms with Crippen LogP contribution in [0.1, 0.15) is 41.8 Å². The molecule has 2 nitrogen and oxygen atoms in total. The van der Waals surface area contributed by atoms with Gasteiger partial charge in [-0.1, -0.05) is 26.3 Å². The molecule has 14 heavy (non-hydrogen) atoms. The summed E-state index contributed by atoms with van der Waals surface area (Å²) < 4.78 is 0. The first kappa shape index (κ1) is 10.8. The summed E-state index contributed by atoms with van der Waals surface area (Å²) in [6.07, 6.45) is 3.04. The first-order valence-electron chi connectivity index (χ1n) is 5.10. The maximum absolute atomic E-state index is 11.0. The molecule has 0 saturated carbocycles. The van der Waals surface area contributed by atoms with Crippen LogP contribution in [0.5, 0.6) is 0 Å². The normalized spacial score (nSPS) is 10.1. The molecule has 0 bridgehead atoms. The molecule has 0 aliphatic heterocycles. The maximum atomic E-state index is 11.0.